The molecule has 2 aromatic rings. The Bertz CT molecular complexity index is 775. The molecule has 144 valence electrons. The standard InChI is InChI=1S/C21H23BrFNO3/c1-26-18-10-4-14(13-17(18)22)5-11-20(25)24-21(19-3-2-12-27-19)15-6-8-16(23)9-7-15/h4,6-10,13,19,21H,2-3,5,11-12H2,1H3,(H,24,25)/t19-,21+/m0/s1. The number of ether oxygens (including phenoxy) is 2. The smallest absolute Gasteiger partial charge is 0.220 e. The monoisotopic (exact) mass is 435 g/mol. The fourth-order valence-electron chi connectivity index (χ4n) is 3.30. The van der Waals surface area contributed by atoms with Crippen LogP contribution in [0.3, 0.4) is 0 Å². The first-order chi connectivity index (χ1) is 13.1. The Labute approximate surface area is 167 Å². The third-order valence-electron chi connectivity index (χ3n) is 4.74. The van der Waals surface area contributed by atoms with Crippen molar-refractivity contribution in [2.75, 3.05) is 13.7 Å². The van der Waals surface area contributed by atoms with E-state index in [1.165, 1.54) is 12.1 Å². The zero-order valence-corrected chi connectivity index (χ0v) is 16.8. The lowest BCUT2D eigenvalue weighted by molar-refractivity contribution is -0.122. The van der Waals surface area contributed by atoms with Crippen LogP contribution in [0.25, 0.3) is 0 Å². The molecule has 0 unspecified atom stereocenters. The molecule has 0 aliphatic carbocycles. The number of carbonyl (C=O) groups excluding carboxylic acids is 1. The predicted molar refractivity (Wildman–Crippen MR) is 105 cm³/mol. The minimum Gasteiger partial charge on any atom is -0.496 e. The van der Waals surface area contributed by atoms with E-state index in [1.54, 1.807) is 19.2 Å². The molecule has 0 bridgehead atoms. The molecule has 0 saturated carbocycles. The first-order valence-corrected chi connectivity index (χ1v) is 9.85. The lowest BCUT2D eigenvalue weighted by Crippen LogP contribution is -2.36. The maximum absolute atomic E-state index is 13.3. The lowest BCUT2D eigenvalue weighted by Gasteiger charge is -2.25. The molecule has 27 heavy (non-hydrogen) atoms. The highest BCUT2D eigenvalue weighted by molar-refractivity contribution is 9.10. The summed E-state index contributed by atoms with van der Waals surface area (Å²) in [7, 11) is 1.62. The third-order valence-corrected chi connectivity index (χ3v) is 5.36. The molecule has 1 N–H and O–H groups in total. The molecule has 2 atom stereocenters. The largest absolute Gasteiger partial charge is 0.496 e. The second kappa shape index (κ2) is 9.33. The van der Waals surface area contributed by atoms with Gasteiger partial charge in [0, 0.05) is 13.0 Å². The molecule has 1 heterocycles. The van der Waals surface area contributed by atoms with Crippen LogP contribution in [0.15, 0.2) is 46.9 Å². The molecule has 0 aromatic heterocycles. The number of nitrogens with one attached hydrogen (secondary N) is 1. The first kappa shape index (κ1) is 19.8. The highest BCUT2D eigenvalue weighted by atomic mass is 79.9. The Morgan fingerprint density at radius 1 is 1.33 bits per heavy atom. The van der Waals surface area contributed by atoms with Gasteiger partial charge in [-0.15, -0.1) is 0 Å². The molecule has 1 aliphatic heterocycles. The molecule has 1 aliphatic rings. The third kappa shape index (κ3) is 5.30. The van der Waals surface area contributed by atoms with E-state index < -0.39 is 0 Å². The fraction of sp³-hybridized carbons (Fsp3) is 0.381. The van der Waals surface area contributed by atoms with E-state index in [-0.39, 0.29) is 23.9 Å². The molecule has 0 radical (unpaired) electrons. The number of methoxy groups -OCH3 is 1. The molecule has 0 spiro atoms. The van der Waals surface area contributed by atoms with Crippen LogP contribution in [-0.4, -0.2) is 25.7 Å². The quantitative estimate of drug-likeness (QED) is 0.692. The second-order valence-electron chi connectivity index (χ2n) is 6.62. The SMILES string of the molecule is COc1ccc(CCC(=O)N[C@H](c2ccc(F)cc2)[C@@H]2CCCO2)cc1Br. The van der Waals surface area contributed by atoms with Gasteiger partial charge in [0.05, 0.1) is 23.7 Å². The summed E-state index contributed by atoms with van der Waals surface area (Å²) in [6.07, 6.45) is 2.76. The fourth-order valence-corrected chi connectivity index (χ4v) is 3.88. The highest BCUT2D eigenvalue weighted by Crippen LogP contribution is 2.28. The number of hydrogen-bond donors (Lipinski definition) is 1. The van der Waals surface area contributed by atoms with E-state index in [9.17, 15) is 9.18 Å². The van der Waals surface area contributed by atoms with Gasteiger partial charge in [0.15, 0.2) is 0 Å². The van der Waals surface area contributed by atoms with Gasteiger partial charge in [0.1, 0.15) is 11.6 Å². The van der Waals surface area contributed by atoms with E-state index in [0.717, 1.165) is 34.2 Å². The van der Waals surface area contributed by atoms with E-state index in [2.05, 4.69) is 21.2 Å². The van der Waals surface area contributed by atoms with Gasteiger partial charge in [0.25, 0.3) is 0 Å². The summed E-state index contributed by atoms with van der Waals surface area (Å²) >= 11 is 3.46. The minimum atomic E-state index is -0.291. The number of aryl methyl sites for hydroxylation is 1. The summed E-state index contributed by atoms with van der Waals surface area (Å²) < 4.78 is 25.1. The van der Waals surface area contributed by atoms with Crippen LogP contribution >= 0.6 is 15.9 Å². The summed E-state index contributed by atoms with van der Waals surface area (Å²) in [6, 6.07) is 11.8. The van der Waals surface area contributed by atoms with E-state index in [0.29, 0.717) is 19.4 Å². The van der Waals surface area contributed by atoms with Crippen LogP contribution in [-0.2, 0) is 16.0 Å². The van der Waals surface area contributed by atoms with E-state index in [4.69, 9.17) is 9.47 Å². The second-order valence-corrected chi connectivity index (χ2v) is 7.47. The Morgan fingerprint density at radius 2 is 2.11 bits per heavy atom. The molecule has 6 heteroatoms. The average molecular weight is 436 g/mol. The van der Waals surface area contributed by atoms with Gasteiger partial charge >= 0.3 is 0 Å². The van der Waals surface area contributed by atoms with Gasteiger partial charge in [-0.05, 0) is 70.6 Å². The zero-order chi connectivity index (χ0) is 19.2. The molecule has 2 aromatic carbocycles. The number of amides is 1. The summed E-state index contributed by atoms with van der Waals surface area (Å²) in [5, 5.41) is 3.08. The Hall–Kier alpha value is -1.92. The van der Waals surface area contributed by atoms with Gasteiger partial charge in [-0.25, -0.2) is 4.39 Å². The number of rotatable bonds is 7. The summed E-state index contributed by atoms with van der Waals surface area (Å²) in [5.41, 5.74) is 1.91. The van der Waals surface area contributed by atoms with Gasteiger partial charge < -0.3 is 14.8 Å². The normalized spacial score (nSPS) is 17.5. The van der Waals surface area contributed by atoms with Crippen molar-refractivity contribution in [3.8, 4) is 5.75 Å². The molecule has 3 rings (SSSR count). The van der Waals surface area contributed by atoms with Crippen LogP contribution in [0.4, 0.5) is 4.39 Å². The van der Waals surface area contributed by atoms with Crippen molar-refractivity contribution in [1.29, 1.82) is 0 Å². The average Bonchev–Trinajstić information content (AvgIpc) is 3.20. The van der Waals surface area contributed by atoms with Crippen LogP contribution in [0.2, 0.25) is 0 Å². The van der Waals surface area contributed by atoms with Crippen LogP contribution < -0.4 is 10.1 Å². The Morgan fingerprint density at radius 3 is 2.74 bits per heavy atom. The maximum Gasteiger partial charge on any atom is 0.220 e. The van der Waals surface area contributed by atoms with Gasteiger partial charge in [-0.2, -0.15) is 0 Å². The molecule has 4 nitrogen and oxygen atoms in total. The molecule has 1 fully saturated rings. The highest BCUT2D eigenvalue weighted by Gasteiger charge is 2.28. The number of hydrogen-bond acceptors (Lipinski definition) is 3. The van der Waals surface area contributed by atoms with Crippen molar-refractivity contribution in [3.05, 3.63) is 63.9 Å². The number of benzene rings is 2. The predicted octanol–water partition coefficient (Wildman–Crippen LogP) is 4.57. The van der Waals surface area contributed by atoms with Crippen molar-refractivity contribution in [2.45, 2.75) is 37.8 Å². The van der Waals surface area contributed by atoms with Crippen LogP contribution in [0.5, 0.6) is 5.75 Å². The van der Waals surface area contributed by atoms with Crippen LogP contribution in [0.1, 0.15) is 36.4 Å². The van der Waals surface area contributed by atoms with Gasteiger partial charge in [-0.3, -0.25) is 4.79 Å². The van der Waals surface area contributed by atoms with Crippen LogP contribution in [0, 0.1) is 5.82 Å². The number of halogens is 2. The summed E-state index contributed by atoms with van der Waals surface area (Å²) in [5.74, 6) is 0.422. The molecule has 1 amide bonds. The summed E-state index contributed by atoms with van der Waals surface area (Å²) in [4.78, 5) is 12.6. The lowest BCUT2D eigenvalue weighted by atomic mass is 9.98. The summed E-state index contributed by atoms with van der Waals surface area (Å²) in [6.45, 7) is 0.693. The molecular formula is C21H23BrFNO3. The number of carbonyl (C=O) groups is 1. The minimum absolute atomic E-state index is 0.0493. The van der Waals surface area contributed by atoms with Gasteiger partial charge in [0.2, 0.25) is 5.91 Å². The van der Waals surface area contributed by atoms with Crippen molar-refractivity contribution >= 4 is 21.8 Å². The van der Waals surface area contributed by atoms with Crippen molar-refractivity contribution < 1.29 is 18.7 Å². The molecular weight excluding hydrogens is 413 g/mol. The van der Waals surface area contributed by atoms with E-state index in [1.807, 2.05) is 18.2 Å². The molecule has 1 saturated heterocycles. The van der Waals surface area contributed by atoms with Crippen molar-refractivity contribution in [1.82, 2.24) is 5.32 Å². The first-order valence-electron chi connectivity index (χ1n) is 9.05. The zero-order valence-electron chi connectivity index (χ0n) is 15.2. The maximum atomic E-state index is 13.3. The van der Waals surface area contributed by atoms with E-state index >= 15 is 0 Å². The van der Waals surface area contributed by atoms with Gasteiger partial charge in [-0.1, -0.05) is 18.2 Å². The van der Waals surface area contributed by atoms with Crippen molar-refractivity contribution in [2.24, 2.45) is 0 Å². The topological polar surface area (TPSA) is 47.6 Å². The Kier molecular flexibility index (Phi) is 6.85. The van der Waals surface area contributed by atoms with Crippen molar-refractivity contribution in [3.63, 3.8) is 0 Å². The Balaban J connectivity index is 1.63.